The molecule has 1 fully saturated rings. The number of benzene rings is 1. The van der Waals surface area contributed by atoms with Crippen molar-refractivity contribution in [3.8, 4) is 0 Å². The minimum absolute atomic E-state index is 0.212. The molecule has 0 unspecified atom stereocenters. The molecule has 0 radical (unpaired) electrons. The Balaban J connectivity index is 2.16. The summed E-state index contributed by atoms with van der Waals surface area (Å²) in [5, 5.41) is 3.21. The third-order valence-electron chi connectivity index (χ3n) is 4.13. The van der Waals surface area contributed by atoms with E-state index < -0.39 is 10.0 Å². The van der Waals surface area contributed by atoms with E-state index in [4.69, 9.17) is 0 Å². The van der Waals surface area contributed by atoms with Crippen molar-refractivity contribution in [3.05, 3.63) is 29.8 Å². The Labute approximate surface area is 122 Å². The molecule has 20 heavy (non-hydrogen) atoms. The van der Waals surface area contributed by atoms with Crippen LogP contribution in [0, 0.1) is 0 Å². The second kappa shape index (κ2) is 6.24. The zero-order valence-electron chi connectivity index (χ0n) is 12.3. The molecule has 1 saturated carbocycles. The molecule has 0 heterocycles. The normalized spacial score (nSPS) is 17.7. The summed E-state index contributed by atoms with van der Waals surface area (Å²) in [4.78, 5) is 0.368. The molecule has 4 nitrogen and oxygen atoms in total. The Morgan fingerprint density at radius 2 is 2.00 bits per heavy atom. The fourth-order valence-corrected chi connectivity index (χ4v) is 4.17. The van der Waals surface area contributed by atoms with Crippen molar-refractivity contribution < 1.29 is 8.42 Å². The lowest BCUT2D eigenvalue weighted by atomic mass is 9.76. The molecule has 0 amide bonds. The number of sulfonamides is 1. The Hall–Kier alpha value is -0.910. The van der Waals surface area contributed by atoms with E-state index in [1.165, 1.54) is 0 Å². The van der Waals surface area contributed by atoms with Crippen molar-refractivity contribution in [1.82, 2.24) is 10.0 Å². The average molecular weight is 296 g/mol. The summed E-state index contributed by atoms with van der Waals surface area (Å²) in [6.45, 7) is 5.64. The highest BCUT2D eigenvalue weighted by atomic mass is 32.2. The standard InChI is InChI=1S/C15H24N2O2S/c1-3-15(9-6-10-15)17-20(18,19)14-8-5-7-13(11-14)12-16-4-2/h5,7-8,11,16-17H,3-4,6,9-10,12H2,1-2H3. The number of rotatable bonds is 7. The molecule has 2 rings (SSSR count). The first-order valence-electron chi connectivity index (χ1n) is 7.35. The predicted octanol–water partition coefficient (Wildman–Crippen LogP) is 2.41. The van der Waals surface area contributed by atoms with Gasteiger partial charge < -0.3 is 5.32 Å². The lowest BCUT2D eigenvalue weighted by Crippen LogP contribution is -2.52. The second-order valence-electron chi connectivity index (χ2n) is 5.52. The Morgan fingerprint density at radius 1 is 1.25 bits per heavy atom. The van der Waals surface area contributed by atoms with Crippen LogP contribution in [-0.2, 0) is 16.6 Å². The summed E-state index contributed by atoms with van der Waals surface area (Å²) >= 11 is 0. The van der Waals surface area contributed by atoms with E-state index in [-0.39, 0.29) is 5.54 Å². The summed E-state index contributed by atoms with van der Waals surface area (Å²) in [6, 6.07) is 7.17. The Morgan fingerprint density at radius 3 is 2.55 bits per heavy atom. The third kappa shape index (κ3) is 3.40. The monoisotopic (exact) mass is 296 g/mol. The molecule has 1 aromatic carbocycles. The van der Waals surface area contributed by atoms with E-state index in [0.29, 0.717) is 11.4 Å². The van der Waals surface area contributed by atoms with Crippen LogP contribution < -0.4 is 10.0 Å². The van der Waals surface area contributed by atoms with Gasteiger partial charge in [0.05, 0.1) is 4.90 Å². The predicted molar refractivity (Wildman–Crippen MR) is 81.0 cm³/mol. The van der Waals surface area contributed by atoms with Crippen LogP contribution in [0.4, 0.5) is 0 Å². The summed E-state index contributed by atoms with van der Waals surface area (Å²) in [7, 11) is -3.42. The highest BCUT2D eigenvalue weighted by molar-refractivity contribution is 7.89. The smallest absolute Gasteiger partial charge is 0.241 e. The van der Waals surface area contributed by atoms with E-state index in [1.54, 1.807) is 18.2 Å². The molecule has 0 spiro atoms. The molecule has 1 aliphatic rings. The largest absolute Gasteiger partial charge is 0.313 e. The van der Waals surface area contributed by atoms with Crippen molar-refractivity contribution in [3.63, 3.8) is 0 Å². The van der Waals surface area contributed by atoms with Gasteiger partial charge in [-0.25, -0.2) is 13.1 Å². The highest BCUT2D eigenvalue weighted by Gasteiger charge is 2.39. The van der Waals surface area contributed by atoms with Gasteiger partial charge in [-0.05, 0) is 49.9 Å². The lowest BCUT2D eigenvalue weighted by Gasteiger charge is -2.41. The van der Waals surface area contributed by atoms with Gasteiger partial charge >= 0.3 is 0 Å². The Bertz CT molecular complexity index is 545. The van der Waals surface area contributed by atoms with Gasteiger partial charge in [-0.15, -0.1) is 0 Å². The first-order chi connectivity index (χ1) is 9.51. The van der Waals surface area contributed by atoms with Crippen LogP contribution in [0.15, 0.2) is 29.2 Å². The van der Waals surface area contributed by atoms with Crippen molar-refractivity contribution >= 4 is 10.0 Å². The third-order valence-corrected chi connectivity index (χ3v) is 5.70. The first-order valence-corrected chi connectivity index (χ1v) is 8.83. The van der Waals surface area contributed by atoms with Gasteiger partial charge in [-0.3, -0.25) is 0 Å². The van der Waals surface area contributed by atoms with Crippen LogP contribution >= 0.6 is 0 Å². The number of nitrogens with one attached hydrogen (secondary N) is 2. The van der Waals surface area contributed by atoms with Crippen molar-refractivity contribution in [2.45, 2.75) is 56.5 Å². The molecule has 0 aliphatic heterocycles. The van der Waals surface area contributed by atoms with Gasteiger partial charge in [0.2, 0.25) is 10.0 Å². The van der Waals surface area contributed by atoms with Crippen LogP contribution in [0.25, 0.3) is 0 Å². The maximum absolute atomic E-state index is 12.5. The van der Waals surface area contributed by atoms with Gasteiger partial charge in [0.1, 0.15) is 0 Å². The number of hydrogen-bond donors (Lipinski definition) is 2. The van der Waals surface area contributed by atoms with Gasteiger partial charge in [-0.2, -0.15) is 0 Å². The summed E-state index contributed by atoms with van der Waals surface area (Å²) in [5.41, 5.74) is 0.783. The van der Waals surface area contributed by atoms with E-state index >= 15 is 0 Å². The quantitative estimate of drug-likeness (QED) is 0.812. The highest BCUT2D eigenvalue weighted by Crippen LogP contribution is 2.36. The minimum Gasteiger partial charge on any atom is -0.313 e. The average Bonchev–Trinajstić information content (AvgIpc) is 2.41. The van der Waals surface area contributed by atoms with Crippen molar-refractivity contribution in [1.29, 1.82) is 0 Å². The van der Waals surface area contributed by atoms with E-state index in [1.807, 2.05) is 19.9 Å². The summed E-state index contributed by atoms with van der Waals surface area (Å²) < 4.78 is 27.9. The second-order valence-corrected chi connectivity index (χ2v) is 7.20. The summed E-state index contributed by atoms with van der Waals surface area (Å²) in [6.07, 6.45) is 3.85. The molecular formula is C15H24N2O2S. The maximum atomic E-state index is 12.5. The first kappa shape index (κ1) is 15.5. The van der Waals surface area contributed by atoms with Crippen LogP contribution in [0.5, 0.6) is 0 Å². The molecule has 0 atom stereocenters. The molecule has 0 aromatic heterocycles. The zero-order valence-corrected chi connectivity index (χ0v) is 13.1. The molecule has 112 valence electrons. The van der Waals surface area contributed by atoms with Crippen LogP contribution in [-0.4, -0.2) is 20.5 Å². The van der Waals surface area contributed by atoms with E-state index in [0.717, 1.165) is 37.8 Å². The Kier molecular flexibility index (Phi) is 4.83. The molecule has 1 aromatic rings. The van der Waals surface area contributed by atoms with Crippen LogP contribution in [0.2, 0.25) is 0 Å². The number of hydrogen-bond acceptors (Lipinski definition) is 3. The van der Waals surface area contributed by atoms with Crippen LogP contribution in [0.1, 0.15) is 45.1 Å². The van der Waals surface area contributed by atoms with E-state index in [2.05, 4.69) is 10.0 Å². The van der Waals surface area contributed by atoms with E-state index in [9.17, 15) is 8.42 Å². The van der Waals surface area contributed by atoms with Crippen LogP contribution in [0.3, 0.4) is 0 Å². The van der Waals surface area contributed by atoms with Crippen molar-refractivity contribution in [2.24, 2.45) is 0 Å². The molecule has 2 N–H and O–H groups in total. The maximum Gasteiger partial charge on any atom is 0.241 e. The molecule has 0 saturated heterocycles. The van der Waals surface area contributed by atoms with Crippen molar-refractivity contribution in [2.75, 3.05) is 6.54 Å². The van der Waals surface area contributed by atoms with Gasteiger partial charge in [-0.1, -0.05) is 26.0 Å². The van der Waals surface area contributed by atoms with Gasteiger partial charge in [0, 0.05) is 12.1 Å². The molecular weight excluding hydrogens is 272 g/mol. The minimum atomic E-state index is -3.42. The topological polar surface area (TPSA) is 58.2 Å². The SMILES string of the molecule is CCNCc1cccc(S(=O)(=O)NC2(CC)CCC2)c1. The fraction of sp³-hybridized carbons (Fsp3) is 0.600. The molecule has 5 heteroatoms. The van der Waals surface area contributed by atoms with Gasteiger partial charge in [0.25, 0.3) is 0 Å². The zero-order chi connectivity index (χ0) is 14.6. The summed E-state index contributed by atoms with van der Waals surface area (Å²) in [5.74, 6) is 0. The molecule has 1 aliphatic carbocycles. The van der Waals surface area contributed by atoms with Gasteiger partial charge in [0.15, 0.2) is 0 Å². The fourth-order valence-electron chi connectivity index (χ4n) is 2.57. The molecule has 0 bridgehead atoms. The lowest BCUT2D eigenvalue weighted by molar-refractivity contribution is 0.214.